The van der Waals surface area contributed by atoms with Gasteiger partial charge < -0.3 is 29.5 Å². The number of nitrogens with one attached hydrogen (secondary N) is 2. The largest absolute Gasteiger partial charge is 0.464 e. The normalized spacial score (nSPS) is 25.8. The molecule has 0 radical (unpaired) electrons. The van der Waals surface area contributed by atoms with E-state index in [1.54, 1.807) is 13.0 Å². The Bertz CT molecular complexity index is 808. The quantitative estimate of drug-likeness (QED) is 0.159. The van der Waals surface area contributed by atoms with Crippen molar-refractivity contribution in [1.29, 1.82) is 0 Å². The summed E-state index contributed by atoms with van der Waals surface area (Å²) >= 11 is 0. The molecule has 1 heterocycles. The van der Waals surface area contributed by atoms with Gasteiger partial charge >= 0.3 is 12.1 Å². The number of hydrogen-bond acceptors (Lipinski definition) is 7. The Morgan fingerprint density at radius 3 is 2.54 bits per heavy atom. The number of likely N-dealkylation sites (tertiary alicyclic amines) is 1. The summed E-state index contributed by atoms with van der Waals surface area (Å²) in [6.07, 6.45) is 6.77. The summed E-state index contributed by atoms with van der Waals surface area (Å²) in [6, 6.07) is -1.72. The highest BCUT2D eigenvalue weighted by atomic mass is 31.0. The van der Waals surface area contributed by atoms with Crippen LogP contribution in [0.15, 0.2) is 25.3 Å². The van der Waals surface area contributed by atoms with Crippen molar-refractivity contribution >= 4 is 33.3 Å². The van der Waals surface area contributed by atoms with E-state index in [4.69, 9.17) is 9.47 Å². The number of esters is 1. The molecule has 1 unspecified atom stereocenters. The minimum Gasteiger partial charge on any atom is -0.464 e. The zero-order valence-corrected chi connectivity index (χ0v) is 21.8. The Hall–Kier alpha value is -2.45. The highest BCUT2D eigenvalue weighted by molar-refractivity contribution is 7.10. The molecule has 2 N–H and O–H groups in total. The number of allylic oxidation sites excluding steroid dienone is 1. The van der Waals surface area contributed by atoms with Gasteiger partial charge in [0, 0.05) is 26.0 Å². The second kappa shape index (κ2) is 13.6. The summed E-state index contributed by atoms with van der Waals surface area (Å²) in [5.41, 5.74) is -1.17. The van der Waals surface area contributed by atoms with E-state index in [1.807, 2.05) is 15.5 Å². The molecule has 1 aliphatic carbocycles. The highest BCUT2D eigenvalue weighted by Gasteiger charge is 2.62. The minimum absolute atomic E-state index is 0.187. The predicted octanol–water partition coefficient (Wildman–Crippen LogP) is 2.25. The maximum absolute atomic E-state index is 13.5. The van der Waals surface area contributed by atoms with Gasteiger partial charge in [-0.15, -0.1) is 13.2 Å². The third-order valence-corrected chi connectivity index (χ3v) is 6.78. The molecule has 2 rings (SSSR count). The van der Waals surface area contributed by atoms with Crippen molar-refractivity contribution in [3.05, 3.63) is 25.3 Å². The Kier molecular flexibility index (Phi) is 11.2. The van der Waals surface area contributed by atoms with Crippen LogP contribution in [0.3, 0.4) is 0 Å². The van der Waals surface area contributed by atoms with Crippen LogP contribution in [0.1, 0.15) is 51.9 Å². The first-order chi connectivity index (χ1) is 16.8. The summed E-state index contributed by atoms with van der Waals surface area (Å²) in [7, 11) is 3.37. The van der Waals surface area contributed by atoms with Gasteiger partial charge in [0.2, 0.25) is 11.8 Å². The van der Waals surface area contributed by atoms with Crippen molar-refractivity contribution in [3.63, 3.8) is 0 Å². The molecule has 0 spiro atoms. The lowest BCUT2D eigenvalue weighted by Crippen LogP contribution is -2.56. The van der Waals surface area contributed by atoms with E-state index in [0.29, 0.717) is 19.3 Å². The van der Waals surface area contributed by atoms with Crippen molar-refractivity contribution < 1.29 is 33.2 Å². The second-order valence-corrected chi connectivity index (χ2v) is 9.09. The summed E-state index contributed by atoms with van der Waals surface area (Å²) < 4.78 is 15.2. The maximum atomic E-state index is 13.5. The number of nitrogens with zero attached hydrogens (tertiary/aromatic N) is 1. The van der Waals surface area contributed by atoms with Crippen molar-refractivity contribution in [1.82, 2.24) is 15.5 Å². The maximum Gasteiger partial charge on any atom is 0.409 e. The van der Waals surface area contributed by atoms with Gasteiger partial charge in [-0.1, -0.05) is 25.0 Å². The van der Waals surface area contributed by atoms with Crippen LogP contribution < -0.4 is 10.6 Å². The minimum atomic E-state index is -1.17. The molecule has 10 nitrogen and oxygen atoms in total. The molecule has 0 aromatic carbocycles. The third-order valence-electron chi connectivity index (χ3n) is 6.57. The fourth-order valence-electron chi connectivity index (χ4n) is 4.47. The molecule has 3 amide bonds. The first kappa shape index (κ1) is 28.8. The first-order valence-corrected chi connectivity index (χ1v) is 12.5. The molecule has 1 saturated carbocycles. The average molecular weight is 512 g/mol. The van der Waals surface area contributed by atoms with Gasteiger partial charge in [0.25, 0.3) is 0 Å². The van der Waals surface area contributed by atoms with Crippen molar-refractivity contribution in [3.8, 4) is 0 Å². The summed E-state index contributed by atoms with van der Waals surface area (Å²) in [6.45, 7) is 9.52. The molecule has 0 aromatic heterocycles. The number of hydrogen-bond donors (Lipinski definition) is 2. The van der Waals surface area contributed by atoms with Gasteiger partial charge in [-0.05, 0) is 32.6 Å². The van der Waals surface area contributed by atoms with Crippen LogP contribution in [-0.2, 0) is 28.4 Å². The van der Waals surface area contributed by atoms with E-state index < -0.39 is 41.5 Å². The summed E-state index contributed by atoms with van der Waals surface area (Å²) in [4.78, 5) is 52.8. The topological polar surface area (TPSA) is 123 Å². The zero-order chi connectivity index (χ0) is 26.0. The Morgan fingerprint density at radius 1 is 1.23 bits per heavy atom. The molecule has 6 atom stereocenters. The van der Waals surface area contributed by atoms with E-state index in [9.17, 15) is 19.2 Å². The van der Waals surface area contributed by atoms with Crippen LogP contribution >= 0.6 is 9.47 Å². The fraction of sp³-hybridized carbons (Fsp3) is 0.667. The van der Waals surface area contributed by atoms with Gasteiger partial charge in [0.15, 0.2) is 0 Å². The number of methoxy groups -OCH3 is 1. The molecule has 1 saturated heterocycles. The SMILES string of the molecule is C=CCCCCC[C@H](NC(=O)OP)C(=O)N1C[C@H](OC)C[C@H]1C(=O)N[C@]1(C(=O)OCC)C[C@@H]1C=C. The second-order valence-electron chi connectivity index (χ2n) is 8.86. The first-order valence-electron chi connectivity index (χ1n) is 12.0. The van der Waals surface area contributed by atoms with Gasteiger partial charge in [0.05, 0.1) is 22.2 Å². The van der Waals surface area contributed by atoms with Crippen molar-refractivity contribution in [2.75, 3.05) is 20.3 Å². The van der Waals surface area contributed by atoms with Gasteiger partial charge in [0.1, 0.15) is 17.6 Å². The monoisotopic (exact) mass is 511 g/mol. The van der Waals surface area contributed by atoms with Crippen LogP contribution in [-0.4, -0.2) is 72.8 Å². The van der Waals surface area contributed by atoms with Gasteiger partial charge in [-0.2, -0.15) is 0 Å². The standard InChI is InChI=1S/C24H38N3O7P/c1-5-8-9-10-11-12-18(25-23(31)34-35)21(29)27-15-17(32-4)13-19(27)20(28)26-24(14-16(24)6-2)22(30)33-7-3/h5-6,16-19H,1-2,7-15,35H2,3-4H3,(H,25,31)(H,26,28)/t16-,17+,18-,19-,24+/m0/s1. The van der Waals surface area contributed by atoms with Crippen LogP contribution in [0.25, 0.3) is 0 Å². The molecule has 0 bridgehead atoms. The smallest absolute Gasteiger partial charge is 0.409 e. The molecule has 1 aliphatic heterocycles. The zero-order valence-electron chi connectivity index (χ0n) is 20.6. The number of carbonyl (C=O) groups excluding carboxylic acids is 4. The van der Waals surface area contributed by atoms with Gasteiger partial charge in [-0.3, -0.25) is 9.59 Å². The van der Waals surface area contributed by atoms with E-state index in [2.05, 4.69) is 28.3 Å². The average Bonchev–Trinajstić information content (AvgIpc) is 3.39. The molecule has 2 aliphatic rings. The highest BCUT2D eigenvalue weighted by Crippen LogP contribution is 2.45. The summed E-state index contributed by atoms with van der Waals surface area (Å²) in [5, 5.41) is 5.41. The van der Waals surface area contributed by atoms with E-state index in [0.717, 1.165) is 19.3 Å². The van der Waals surface area contributed by atoms with Gasteiger partial charge in [-0.25, -0.2) is 9.59 Å². The van der Waals surface area contributed by atoms with Crippen LogP contribution in [0.4, 0.5) is 4.79 Å². The molecular weight excluding hydrogens is 473 g/mol. The van der Waals surface area contributed by atoms with Crippen molar-refractivity contribution in [2.24, 2.45) is 5.92 Å². The lowest BCUT2D eigenvalue weighted by atomic mass is 10.0. The third kappa shape index (κ3) is 7.27. The number of carbonyl (C=O) groups is 4. The summed E-state index contributed by atoms with van der Waals surface area (Å²) in [5.74, 6) is -1.62. The van der Waals surface area contributed by atoms with Crippen LogP contribution in [0.5, 0.6) is 0 Å². The Balaban J connectivity index is 2.17. The fourth-order valence-corrected chi connectivity index (χ4v) is 4.54. The number of amides is 3. The lowest BCUT2D eigenvalue weighted by molar-refractivity contribution is -0.150. The van der Waals surface area contributed by atoms with E-state index in [1.165, 1.54) is 12.0 Å². The number of ether oxygens (including phenoxy) is 2. The molecular formula is C24H38N3O7P. The number of unbranched alkanes of at least 4 members (excludes halogenated alkanes) is 3. The molecule has 35 heavy (non-hydrogen) atoms. The van der Waals surface area contributed by atoms with Crippen LogP contribution in [0.2, 0.25) is 0 Å². The molecule has 11 heteroatoms. The van der Waals surface area contributed by atoms with E-state index in [-0.39, 0.29) is 31.6 Å². The molecule has 196 valence electrons. The Morgan fingerprint density at radius 2 is 1.97 bits per heavy atom. The van der Waals surface area contributed by atoms with Crippen molar-refractivity contribution in [2.45, 2.75) is 75.6 Å². The molecule has 2 fully saturated rings. The lowest BCUT2D eigenvalue weighted by Gasteiger charge is -2.29. The predicted molar refractivity (Wildman–Crippen MR) is 133 cm³/mol. The molecule has 0 aromatic rings. The van der Waals surface area contributed by atoms with Crippen LogP contribution in [0, 0.1) is 5.92 Å². The van der Waals surface area contributed by atoms with E-state index >= 15 is 0 Å². The Labute approximate surface area is 209 Å². The number of rotatable bonds is 14.